The number of methoxy groups -OCH3 is 1. The molecule has 0 saturated carbocycles. The van der Waals surface area contributed by atoms with Gasteiger partial charge >= 0.3 is 0 Å². The smallest absolute Gasteiger partial charge is 0.119 e. The lowest BCUT2D eigenvalue weighted by Crippen LogP contribution is -2.04. The first-order chi connectivity index (χ1) is 6.77. The fourth-order valence-corrected chi connectivity index (χ4v) is 1.21. The van der Waals surface area contributed by atoms with Crippen LogP contribution >= 0.6 is 0 Å². The second kappa shape index (κ2) is 5.62. The van der Waals surface area contributed by atoms with Crippen LogP contribution in [0.2, 0.25) is 0 Å². The fraction of sp³-hybridized carbons (Fsp3) is 0.455. The lowest BCUT2D eigenvalue weighted by molar-refractivity contribution is 0.0643. The molecule has 0 amide bonds. The zero-order valence-corrected chi connectivity index (χ0v) is 8.56. The van der Waals surface area contributed by atoms with Gasteiger partial charge in [-0.05, 0) is 24.6 Å². The van der Waals surface area contributed by atoms with Crippen LogP contribution in [0.5, 0.6) is 5.75 Å². The highest BCUT2D eigenvalue weighted by molar-refractivity contribution is 5.28. The lowest BCUT2D eigenvalue weighted by atomic mass is 10.1. The summed E-state index contributed by atoms with van der Waals surface area (Å²) in [6.07, 6.45) is -0.560. The quantitative estimate of drug-likeness (QED) is 0.780. The molecule has 1 rings (SSSR count). The highest BCUT2D eigenvalue weighted by atomic mass is 16.5. The average molecular weight is 196 g/mol. The summed E-state index contributed by atoms with van der Waals surface area (Å²) in [5, 5.41) is 9.58. The Morgan fingerprint density at radius 1 is 1.29 bits per heavy atom. The summed E-state index contributed by atoms with van der Waals surface area (Å²) in [6.45, 7) is 2.90. The van der Waals surface area contributed by atoms with Crippen molar-refractivity contribution in [3.63, 3.8) is 0 Å². The third-order valence-corrected chi connectivity index (χ3v) is 1.90. The molecule has 1 unspecified atom stereocenters. The van der Waals surface area contributed by atoms with Crippen LogP contribution in [0.1, 0.15) is 18.6 Å². The van der Waals surface area contributed by atoms with Crippen molar-refractivity contribution in [2.45, 2.75) is 13.0 Å². The minimum absolute atomic E-state index is 0.313. The van der Waals surface area contributed by atoms with Gasteiger partial charge in [-0.25, -0.2) is 0 Å². The molecule has 0 aliphatic heterocycles. The van der Waals surface area contributed by atoms with E-state index in [4.69, 9.17) is 9.47 Å². The Morgan fingerprint density at radius 2 is 1.93 bits per heavy atom. The molecular formula is C11H16O3. The molecule has 0 aromatic heterocycles. The lowest BCUT2D eigenvalue weighted by Gasteiger charge is -2.10. The summed E-state index contributed by atoms with van der Waals surface area (Å²) in [6, 6.07) is 7.37. The van der Waals surface area contributed by atoms with Crippen LogP contribution in [0.25, 0.3) is 0 Å². The van der Waals surface area contributed by atoms with Gasteiger partial charge in [-0.3, -0.25) is 0 Å². The van der Waals surface area contributed by atoms with Gasteiger partial charge in [0.05, 0.1) is 13.2 Å². The molecule has 0 heterocycles. The third-order valence-electron chi connectivity index (χ3n) is 1.90. The second-order valence-corrected chi connectivity index (χ2v) is 2.97. The summed E-state index contributed by atoms with van der Waals surface area (Å²) in [5.74, 6) is 0.820. The SMILES string of the molecule is CCOc1ccc(C(O)COC)cc1. The summed E-state index contributed by atoms with van der Waals surface area (Å²) in [5.41, 5.74) is 0.843. The van der Waals surface area contributed by atoms with Crippen LogP contribution in [0.4, 0.5) is 0 Å². The van der Waals surface area contributed by atoms with Gasteiger partial charge in [0, 0.05) is 7.11 Å². The van der Waals surface area contributed by atoms with Gasteiger partial charge in [0.25, 0.3) is 0 Å². The standard InChI is InChI=1S/C11H16O3/c1-3-14-10-6-4-9(5-7-10)11(12)8-13-2/h4-7,11-12H,3,8H2,1-2H3. The summed E-state index contributed by atoms with van der Waals surface area (Å²) >= 11 is 0. The number of aliphatic hydroxyl groups excluding tert-OH is 1. The van der Waals surface area contributed by atoms with Gasteiger partial charge in [-0.2, -0.15) is 0 Å². The molecule has 1 N–H and O–H groups in total. The van der Waals surface area contributed by atoms with Gasteiger partial charge in [0.15, 0.2) is 0 Å². The van der Waals surface area contributed by atoms with E-state index in [9.17, 15) is 5.11 Å². The van der Waals surface area contributed by atoms with Crippen molar-refractivity contribution in [2.24, 2.45) is 0 Å². The molecule has 3 heteroatoms. The van der Waals surface area contributed by atoms with E-state index < -0.39 is 6.10 Å². The van der Waals surface area contributed by atoms with Crippen molar-refractivity contribution in [2.75, 3.05) is 20.3 Å². The molecule has 3 nitrogen and oxygen atoms in total. The van der Waals surface area contributed by atoms with E-state index in [-0.39, 0.29) is 0 Å². The maximum atomic E-state index is 9.58. The van der Waals surface area contributed by atoms with Gasteiger partial charge in [-0.15, -0.1) is 0 Å². The van der Waals surface area contributed by atoms with Gasteiger partial charge in [-0.1, -0.05) is 12.1 Å². The topological polar surface area (TPSA) is 38.7 Å². The van der Waals surface area contributed by atoms with Crippen LogP contribution in [-0.4, -0.2) is 25.4 Å². The minimum atomic E-state index is -0.560. The van der Waals surface area contributed by atoms with Crippen LogP contribution in [-0.2, 0) is 4.74 Å². The molecule has 0 bridgehead atoms. The van der Waals surface area contributed by atoms with E-state index in [0.717, 1.165) is 11.3 Å². The predicted molar refractivity (Wildman–Crippen MR) is 54.4 cm³/mol. The summed E-state index contributed by atoms with van der Waals surface area (Å²) < 4.78 is 10.1. The number of rotatable bonds is 5. The van der Waals surface area contributed by atoms with Crippen LogP contribution in [0.15, 0.2) is 24.3 Å². The maximum Gasteiger partial charge on any atom is 0.119 e. The molecule has 0 aliphatic rings. The maximum absolute atomic E-state index is 9.58. The van der Waals surface area contributed by atoms with Crippen molar-refractivity contribution in [3.05, 3.63) is 29.8 Å². The van der Waals surface area contributed by atoms with Crippen LogP contribution in [0.3, 0.4) is 0 Å². The Hall–Kier alpha value is -1.06. The van der Waals surface area contributed by atoms with E-state index in [1.54, 1.807) is 7.11 Å². The molecule has 0 fully saturated rings. The Labute approximate surface area is 84.3 Å². The molecule has 78 valence electrons. The minimum Gasteiger partial charge on any atom is -0.494 e. The van der Waals surface area contributed by atoms with Crippen molar-refractivity contribution in [1.82, 2.24) is 0 Å². The summed E-state index contributed by atoms with van der Waals surface area (Å²) in [7, 11) is 1.57. The Balaban J connectivity index is 2.62. The first kappa shape index (κ1) is 11.0. The normalized spacial score (nSPS) is 12.5. The summed E-state index contributed by atoms with van der Waals surface area (Å²) in [4.78, 5) is 0. The molecule has 0 spiro atoms. The molecule has 0 radical (unpaired) electrons. The van der Waals surface area contributed by atoms with Crippen LogP contribution < -0.4 is 4.74 Å². The van der Waals surface area contributed by atoms with E-state index in [1.165, 1.54) is 0 Å². The van der Waals surface area contributed by atoms with Crippen molar-refractivity contribution >= 4 is 0 Å². The molecule has 0 saturated heterocycles. The zero-order chi connectivity index (χ0) is 10.4. The number of hydrogen-bond donors (Lipinski definition) is 1. The van der Waals surface area contributed by atoms with Gasteiger partial charge in [0.2, 0.25) is 0 Å². The Morgan fingerprint density at radius 3 is 2.43 bits per heavy atom. The van der Waals surface area contributed by atoms with E-state index in [2.05, 4.69) is 0 Å². The van der Waals surface area contributed by atoms with E-state index in [0.29, 0.717) is 13.2 Å². The van der Waals surface area contributed by atoms with Gasteiger partial charge < -0.3 is 14.6 Å². The molecule has 14 heavy (non-hydrogen) atoms. The number of ether oxygens (including phenoxy) is 2. The first-order valence-electron chi connectivity index (χ1n) is 4.67. The van der Waals surface area contributed by atoms with Crippen molar-refractivity contribution < 1.29 is 14.6 Å². The Kier molecular flexibility index (Phi) is 4.43. The molecular weight excluding hydrogens is 180 g/mol. The number of hydrogen-bond acceptors (Lipinski definition) is 3. The Bertz CT molecular complexity index is 256. The average Bonchev–Trinajstić information content (AvgIpc) is 2.20. The third kappa shape index (κ3) is 3.01. The van der Waals surface area contributed by atoms with E-state index in [1.807, 2.05) is 31.2 Å². The number of benzene rings is 1. The largest absolute Gasteiger partial charge is 0.494 e. The van der Waals surface area contributed by atoms with Crippen molar-refractivity contribution in [1.29, 1.82) is 0 Å². The first-order valence-corrected chi connectivity index (χ1v) is 4.67. The predicted octanol–water partition coefficient (Wildman–Crippen LogP) is 1.77. The van der Waals surface area contributed by atoms with Crippen LogP contribution in [0, 0.1) is 0 Å². The highest BCUT2D eigenvalue weighted by Gasteiger charge is 2.06. The zero-order valence-electron chi connectivity index (χ0n) is 8.56. The highest BCUT2D eigenvalue weighted by Crippen LogP contribution is 2.17. The monoisotopic (exact) mass is 196 g/mol. The molecule has 0 aliphatic carbocycles. The molecule has 1 aromatic rings. The molecule has 1 aromatic carbocycles. The van der Waals surface area contributed by atoms with Gasteiger partial charge in [0.1, 0.15) is 11.9 Å². The second-order valence-electron chi connectivity index (χ2n) is 2.97. The molecule has 1 atom stereocenters. The van der Waals surface area contributed by atoms with E-state index >= 15 is 0 Å². The fourth-order valence-electron chi connectivity index (χ4n) is 1.21. The van der Waals surface area contributed by atoms with Crippen molar-refractivity contribution in [3.8, 4) is 5.75 Å². The number of aliphatic hydroxyl groups is 1.